The molecule has 0 saturated carbocycles. The van der Waals surface area contributed by atoms with Crippen LogP contribution in [0.15, 0.2) is 46.8 Å². The predicted molar refractivity (Wildman–Crippen MR) is 97.5 cm³/mol. The van der Waals surface area contributed by atoms with Crippen LogP contribution in [0.4, 0.5) is 4.39 Å². The quantitative estimate of drug-likeness (QED) is 0.703. The third kappa shape index (κ3) is 3.58. The molecule has 1 aliphatic heterocycles. The van der Waals surface area contributed by atoms with Gasteiger partial charge in [0, 0.05) is 15.6 Å². The zero-order valence-corrected chi connectivity index (χ0v) is 15.6. The Balaban J connectivity index is 2.06. The highest BCUT2D eigenvalue weighted by molar-refractivity contribution is 9.10. The van der Waals surface area contributed by atoms with Gasteiger partial charge in [-0.2, -0.15) is 0 Å². The molecule has 0 aliphatic carbocycles. The van der Waals surface area contributed by atoms with Gasteiger partial charge in [-0.25, -0.2) is 4.39 Å². The molecule has 0 amide bonds. The van der Waals surface area contributed by atoms with E-state index in [9.17, 15) is 4.39 Å². The van der Waals surface area contributed by atoms with Gasteiger partial charge in [0.05, 0.1) is 13.0 Å². The topological polar surface area (TPSA) is 53.7 Å². The van der Waals surface area contributed by atoms with E-state index in [1.54, 1.807) is 25.3 Å². The van der Waals surface area contributed by atoms with E-state index in [4.69, 9.17) is 19.9 Å². The molecule has 0 fully saturated rings. The van der Waals surface area contributed by atoms with E-state index in [1.807, 2.05) is 19.1 Å². The fourth-order valence-corrected chi connectivity index (χ4v) is 3.31. The highest BCUT2D eigenvalue weighted by Gasteiger charge is 2.31. The third-order valence-electron chi connectivity index (χ3n) is 4.04. The summed E-state index contributed by atoms with van der Waals surface area (Å²) in [5, 5.41) is 0. The van der Waals surface area contributed by atoms with Crippen molar-refractivity contribution in [1.29, 1.82) is 0 Å². The zero-order valence-electron chi connectivity index (χ0n) is 14.0. The molecule has 6 heteroatoms. The second-order valence-electron chi connectivity index (χ2n) is 5.69. The summed E-state index contributed by atoms with van der Waals surface area (Å²) in [6, 6.07) is 8.66. The van der Waals surface area contributed by atoms with Gasteiger partial charge in [-0.1, -0.05) is 22.9 Å². The van der Waals surface area contributed by atoms with Gasteiger partial charge >= 0.3 is 0 Å². The summed E-state index contributed by atoms with van der Waals surface area (Å²) >= 11 is 3.34. The lowest BCUT2D eigenvalue weighted by Gasteiger charge is -2.29. The van der Waals surface area contributed by atoms with Crippen molar-refractivity contribution in [1.82, 2.24) is 0 Å². The van der Waals surface area contributed by atoms with E-state index < -0.39 is 5.82 Å². The molecule has 1 heterocycles. The molecule has 0 spiro atoms. The standard InChI is InChI=1S/C19H19BrFNO3/c1-3-4-18(22)24-10-15-13-9-12(23-2)5-6-17(13)25-19-14(15)7-11(20)8-16(19)21/h4-9,15H,3,10,22H2,1-2H3/b18-4+. The van der Waals surface area contributed by atoms with Crippen molar-refractivity contribution in [3.8, 4) is 17.2 Å². The molecule has 3 rings (SSSR count). The number of rotatable bonds is 5. The van der Waals surface area contributed by atoms with E-state index >= 15 is 0 Å². The molecule has 0 saturated heterocycles. The minimum absolute atomic E-state index is 0.215. The molecule has 1 aliphatic rings. The number of hydrogen-bond donors (Lipinski definition) is 1. The molecular weight excluding hydrogens is 389 g/mol. The Hall–Kier alpha value is -2.21. The van der Waals surface area contributed by atoms with E-state index in [0.717, 1.165) is 12.0 Å². The average molecular weight is 408 g/mol. The number of fused-ring (bicyclic) bond motifs is 2. The SMILES string of the molecule is CC/C=C(\N)OCC1c2cc(OC)ccc2Oc2c(F)cc(Br)cc21. The molecule has 2 N–H and O–H groups in total. The Bertz CT molecular complexity index is 823. The van der Waals surface area contributed by atoms with Crippen LogP contribution in [0.5, 0.6) is 17.2 Å². The summed E-state index contributed by atoms with van der Waals surface area (Å²) in [4.78, 5) is 0. The summed E-state index contributed by atoms with van der Waals surface area (Å²) in [5.74, 6) is 1.20. The van der Waals surface area contributed by atoms with Crippen LogP contribution in [0.2, 0.25) is 0 Å². The first-order valence-electron chi connectivity index (χ1n) is 7.96. The van der Waals surface area contributed by atoms with Crippen molar-refractivity contribution >= 4 is 15.9 Å². The summed E-state index contributed by atoms with van der Waals surface area (Å²) in [5.41, 5.74) is 7.43. The predicted octanol–water partition coefficient (Wildman–Crippen LogP) is 5.06. The molecule has 132 valence electrons. The first kappa shape index (κ1) is 17.6. The normalized spacial score (nSPS) is 15.8. The van der Waals surface area contributed by atoms with Crippen molar-refractivity contribution in [2.24, 2.45) is 5.73 Å². The molecule has 0 radical (unpaired) electrons. The summed E-state index contributed by atoms with van der Waals surface area (Å²) in [7, 11) is 1.60. The smallest absolute Gasteiger partial charge is 0.179 e. The maximum absolute atomic E-state index is 14.4. The number of methoxy groups -OCH3 is 1. The highest BCUT2D eigenvalue weighted by Crippen LogP contribution is 2.47. The van der Waals surface area contributed by atoms with Crippen LogP contribution in [0, 0.1) is 5.82 Å². The van der Waals surface area contributed by atoms with Crippen LogP contribution in [-0.4, -0.2) is 13.7 Å². The number of halogens is 2. The van der Waals surface area contributed by atoms with Gasteiger partial charge in [0.1, 0.15) is 18.1 Å². The van der Waals surface area contributed by atoms with Crippen molar-refractivity contribution in [3.05, 3.63) is 63.7 Å². The molecule has 25 heavy (non-hydrogen) atoms. The zero-order chi connectivity index (χ0) is 18.0. The number of nitrogens with two attached hydrogens (primary N) is 1. The van der Waals surface area contributed by atoms with Gasteiger partial charge in [-0.15, -0.1) is 0 Å². The van der Waals surface area contributed by atoms with Crippen molar-refractivity contribution in [2.45, 2.75) is 19.3 Å². The van der Waals surface area contributed by atoms with Gasteiger partial charge < -0.3 is 19.9 Å². The highest BCUT2D eigenvalue weighted by atomic mass is 79.9. The van der Waals surface area contributed by atoms with E-state index in [0.29, 0.717) is 27.4 Å². The molecule has 1 unspecified atom stereocenters. The largest absolute Gasteiger partial charge is 0.497 e. The fraction of sp³-hybridized carbons (Fsp3) is 0.263. The van der Waals surface area contributed by atoms with Crippen LogP contribution in [0.1, 0.15) is 30.4 Å². The Kier molecular flexibility index (Phi) is 5.18. The molecule has 2 aromatic carbocycles. The van der Waals surface area contributed by atoms with E-state index in [1.165, 1.54) is 6.07 Å². The minimum Gasteiger partial charge on any atom is -0.497 e. The van der Waals surface area contributed by atoms with E-state index in [-0.39, 0.29) is 18.3 Å². The molecular formula is C19H19BrFNO3. The summed E-state index contributed by atoms with van der Waals surface area (Å²) in [6.45, 7) is 2.25. The van der Waals surface area contributed by atoms with Crippen LogP contribution < -0.4 is 15.2 Å². The van der Waals surface area contributed by atoms with Gasteiger partial charge in [-0.05, 0) is 42.8 Å². The van der Waals surface area contributed by atoms with Crippen LogP contribution in [0.25, 0.3) is 0 Å². The average Bonchev–Trinajstić information content (AvgIpc) is 2.59. The van der Waals surface area contributed by atoms with Crippen LogP contribution in [0.3, 0.4) is 0 Å². The minimum atomic E-state index is -0.423. The van der Waals surface area contributed by atoms with Gasteiger partial charge in [0.25, 0.3) is 0 Å². The molecule has 1 atom stereocenters. The second kappa shape index (κ2) is 7.35. The number of allylic oxidation sites excluding steroid dienone is 1. The summed E-state index contributed by atoms with van der Waals surface area (Å²) in [6.07, 6.45) is 2.58. The Morgan fingerprint density at radius 1 is 1.32 bits per heavy atom. The van der Waals surface area contributed by atoms with Crippen molar-refractivity contribution in [2.75, 3.05) is 13.7 Å². The lowest BCUT2D eigenvalue weighted by molar-refractivity contribution is 0.194. The molecule has 0 aromatic heterocycles. The Morgan fingerprint density at radius 3 is 2.84 bits per heavy atom. The fourth-order valence-electron chi connectivity index (χ4n) is 2.86. The van der Waals surface area contributed by atoms with Crippen LogP contribution >= 0.6 is 15.9 Å². The van der Waals surface area contributed by atoms with Gasteiger partial charge in [0.2, 0.25) is 0 Å². The summed E-state index contributed by atoms with van der Waals surface area (Å²) < 4.78 is 31.8. The molecule has 2 aromatic rings. The lowest BCUT2D eigenvalue weighted by atomic mass is 9.88. The number of ether oxygens (including phenoxy) is 3. The van der Waals surface area contributed by atoms with Gasteiger partial charge in [0.15, 0.2) is 17.4 Å². The van der Waals surface area contributed by atoms with Crippen molar-refractivity contribution < 1.29 is 18.6 Å². The maximum Gasteiger partial charge on any atom is 0.179 e. The molecule has 0 bridgehead atoms. The number of benzene rings is 2. The lowest BCUT2D eigenvalue weighted by Crippen LogP contribution is -2.18. The first-order chi connectivity index (χ1) is 12.0. The first-order valence-corrected chi connectivity index (χ1v) is 8.76. The van der Waals surface area contributed by atoms with Crippen LogP contribution in [-0.2, 0) is 4.74 Å². The van der Waals surface area contributed by atoms with Crippen molar-refractivity contribution in [3.63, 3.8) is 0 Å². The third-order valence-corrected chi connectivity index (χ3v) is 4.50. The second-order valence-corrected chi connectivity index (χ2v) is 6.61. The number of hydrogen-bond acceptors (Lipinski definition) is 4. The molecule has 4 nitrogen and oxygen atoms in total. The van der Waals surface area contributed by atoms with Gasteiger partial charge in [-0.3, -0.25) is 0 Å². The Labute approximate surface area is 154 Å². The Morgan fingerprint density at radius 2 is 2.12 bits per heavy atom. The van der Waals surface area contributed by atoms with E-state index in [2.05, 4.69) is 15.9 Å². The monoisotopic (exact) mass is 407 g/mol. The maximum atomic E-state index is 14.4.